The van der Waals surface area contributed by atoms with Gasteiger partial charge in [0.05, 0.1) is 6.04 Å². The second-order valence-corrected chi connectivity index (χ2v) is 4.44. The molecule has 1 aromatic carbocycles. The molecule has 0 aliphatic rings. The van der Waals surface area contributed by atoms with Crippen molar-refractivity contribution in [1.82, 2.24) is 5.32 Å². The number of amides is 1. The van der Waals surface area contributed by atoms with E-state index in [1.165, 1.54) is 5.56 Å². The van der Waals surface area contributed by atoms with E-state index in [2.05, 4.69) is 40.3 Å². The Balaban J connectivity index is 2.60. The molecule has 82 valence electrons. The van der Waals surface area contributed by atoms with Crippen molar-refractivity contribution in [2.75, 3.05) is 5.33 Å². The van der Waals surface area contributed by atoms with Crippen molar-refractivity contribution >= 4 is 21.8 Å². The summed E-state index contributed by atoms with van der Waals surface area (Å²) in [5, 5.41) is 3.66. The number of benzene rings is 1. The lowest BCUT2D eigenvalue weighted by Crippen LogP contribution is -2.26. The number of aryl methyl sites for hydroxylation is 1. The fraction of sp³-hybridized carbons (Fsp3) is 0.417. The van der Waals surface area contributed by atoms with Gasteiger partial charge in [-0.1, -0.05) is 45.8 Å². The predicted molar refractivity (Wildman–Crippen MR) is 66.1 cm³/mol. The van der Waals surface area contributed by atoms with Crippen molar-refractivity contribution in [3.63, 3.8) is 0 Å². The van der Waals surface area contributed by atoms with E-state index < -0.39 is 0 Å². The Kier molecular flexibility index (Phi) is 4.82. The van der Waals surface area contributed by atoms with Crippen LogP contribution in [0, 0.1) is 6.92 Å². The van der Waals surface area contributed by atoms with Crippen LogP contribution in [0.2, 0.25) is 0 Å². The Morgan fingerprint density at radius 1 is 1.53 bits per heavy atom. The number of hydrogen-bond donors (Lipinski definition) is 1. The number of alkyl halides is 1. The predicted octanol–water partition coefficient (Wildman–Crippen LogP) is 2.96. The van der Waals surface area contributed by atoms with Gasteiger partial charge in [-0.05, 0) is 19.4 Å². The summed E-state index contributed by atoms with van der Waals surface area (Å²) in [7, 11) is 0. The van der Waals surface area contributed by atoms with E-state index >= 15 is 0 Å². The highest BCUT2D eigenvalue weighted by molar-refractivity contribution is 9.09. The summed E-state index contributed by atoms with van der Waals surface area (Å²) in [4.78, 5) is 11.4. The van der Waals surface area contributed by atoms with Crippen molar-refractivity contribution in [2.45, 2.75) is 26.3 Å². The van der Waals surface area contributed by atoms with Gasteiger partial charge in [0.1, 0.15) is 0 Å². The second kappa shape index (κ2) is 5.91. The first kappa shape index (κ1) is 12.2. The summed E-state index contributed by atoms with van der Waals surface area (Å²) < 4.78 is 0. The van der Waals surface area contributed by atoms with Crippen molar-refractivity contribution < 1.29 is 4.79 Å². The number of carbonyl (C=O) groups is 1. The Morgan fingerprint density at radius 3 is 2.87 bits per heavy atom. The van der Waals surface area contributed by atoms with Gasteiger partial charge in [-0.25, -0.2) is 0 Å². The van der Waals surface area contributed by atoms with Gasteiger partial charge in [0, 0.05) is 11.8 Å². The molecule has 1 rings (SSSR count). The highest BCUT2D eigenvalue weighted by Gasteiger charge is 2.08. The zero-order chi connectivity index (χ0) is 11.3. The van der Waals surface area contributed by atoms with Gasteiger partial charge in [0.2, 0.25) is 5.91 Å². The van der Waals surface area contributed by atoms with Crippen molar-refractivity contribution in [3.8, 4) is 0 Å². The third-order valence-electron chi connectivity index (χ3n) is 2.24. The summed E-state index contributed by atoms with van der Waals surface area (Å²) in [6, 6.07) is 8.27. The first-order chi connectivity index (χ1) is 7.13. The van der Waals surface area contributed by atoms with Crippen LogP contribution in [0.25, 0.3) is 0 Å². The van der Waals surface area contributed by atoms with Crippen molar-refractivity contribution in [1.29, 1.82) is 0 Å². The van der Waals surface area contributed by atoms with E-state index in [1.54, 1.807) is 0 Å². The summed E-state index contributed by atoms with van der Waals surface area (Å²) in [5.74, 6) is 0.0841. The lowest BCUT2D eigenvalue weighted by molar-refractivity contribution is -0.121. The molecule has 0 bridgehead atoms. The number of halogens is 1. The van der Waals surface area contributed by atoms with E-state index in [9.17, 15) is 4.79 Å². The Morgan fingerprint density at radius 2 is 2.27 bits per heavy atom. The molecule has 0 aliphatic heterocycles. The van der Waals surface area contributed by atoms with Crippen LogP contribution in [0.15, 0.2) is 24.3 Å². The van der Waals surface area contributed by atoms with E-state index in [4.69, 9.17) is 0 Å². The average Bonchev–Trinajstić information content (AvgIpc) is 2.18. The molecule has 0 heterocycles. The van der Waals surface area contributed by atoms with Gasteiger partial charge in [0.15, 0.2) is 0 Å². The van der Waals surface area contributed by atoms with E-state index in [0.717, 1.165) is 5.56 Å². The first-order valence-corrected chi connectivity index (χ1v) is 6.17. The van der Waals surface area contributed by atoms with Gasteiger partial charge >= 0.3 is 0 Å². The number of rotatable bonds is 4. The minimum absolute atomic E-state index is 0.0800. The van der Waals surface area contributed by atoms with Gasteiger partial charge in [-0.15, -0.1) is 0 Å². The van der Waals surface area contributed by atoms with Crippen LogP contribution in [-0.2, 0) is 4.79 Å². The van der Waals surface area contributed by atoms with Crippen LogP contribution in [0.3, 0.4) is 0 Å². The van der Waals surface area contributed by atoms with Crippen LogP contribution in [0.5, 0.6) is 0 Å². The maximum atomic E-state index is 11.4. The highest BCUT2D eigenvalue weighted by atomic mass is 79.9. The quantitative estimate of drug-likeness (QED) is 0.837. The van der Waals surface area contributed by atoms with Crippen LogP contribution < -0.4 is 5.32 Å². The molecule has 0 spiro atoms. The van der Waals surface area contributed by atoms with Crippen molar-refractivity contribution in [2.24, 2.45) is 0 Å². The van der Waals surface area contributed by atoms with E-state index in [-0.39, 0.29) is 11.9 Å². The summed E-state index contributed by atoms with van der Waals surface area (Å²) in [6.07, 6.45) is 0.524. The molecule has 1 atom stereocenters. The molecule has 1 aromatic rings. The summed E-state index contributed by atoms with van der Waals surface area (Å²) >= 11 is 3.25. The Hall–Kier alpha value is -0.830. The van der Waals surface area contributed by atoms with Gasteiger partial charge in [-0.2, -0.15) is 0 Å². The lowest BCUT2D eigenvalue weighted by Gasteiger charge is -2.14. The molecular formula is C12H16BrNO. The molecule has 0 aliphatic carbocycles. The standard InChI is InChI=1S/C12H16BrNO/c1-9-4-3-5-11(8-9)10(2)14-12(15)6-7-13/h3-5,8,10H,6-7H2,1-2H3,(H,14,15)/t10-/m0/s1. The Labute approximate surface area is 99.2 Å². The zero-order valence-corrected chi connectivity index (χ0v) is 10.7. The molecule has 1 amide bonds. The lowest BCUT2D eigenvalue weighted by atomic mass is 10.1. The number of hydrogen-bond acceptors (Lipinski definition) is 1. The topological polar surface area (TPSA) is 29.1 Å². The molecule has 0 radical (unpaired) electrons. The molecule has 3 heteroatoms. The molecule has 2 nitrogen and oxygen atoms in total. The highest BCUT2D eigenvalue weighted by Crippen LogP contribution is 2.13. The SMILES string of the molecule is Cc1cccc([C@H](C)NC(=O)CCBr)c1. The molecule has 0 unspecified atom stereocenters. The molecule has 0 fully saturated rings. The van der Waals surface area contributed by atoms with E-state index in [1.807, 2.05) is 19.1 Å². The van der Waals surface area contributed by atoms with Crippen LogP contribution >= 0.6 is 15.9 Å². The van der Waals surface area contributed by atoms with Gasteiger partial charge in [0.25, 0.3) is 0 Å². The monoisotopic (exact) mass is 269 g/mol. The van der Waals surface area contributed by atoms with Gasteiger partial charge < -0.3 is 5.32 Å². The number of carbonyl (C=O) groups excluding carboxylic acids is 1. The Bertz CT molecular complexity index is 338. The fourth-order valence-corrected chi connectivity index (χ4v) is 1.78. The third-order valence-corrected chi connectivity index (χ3v) is 2.64. The summed E-state index contributed by atoms with van der Waals surface area (Å²) in [5.41, 5.74) is 2.37. The van der Waals surface area contributed by atoms with Gasteiger partial charge in [-0.3, -0.25) is 4.79 Å². The second-order valence-electron chi connectivity index (χ2n) is 3.64. The average molecular weight is 270 g/mol. The third kappa shape index (κ3) is 4.04. The fourth-order valence-electron chi connectivity index (χ4n) is 1.42. The maximum absolute atomic E-state index is 11.4. The first-order valence-electron chi connectivity index (χ1n) is 5.05. The molecule has 0 aromatic heterocycles. The van der Waals surface area contributed by atoms with Crippen LogP contribution in [0.1, 0.15) is 30.5 Å². The number of nitrogens with one attached hydrogen (secondary N) is 1. The van der Waals surface area contributed by atoms with Crippen LogP contribution in [0.4, 0.5) is 0 Å². The van der Waals surface area contributed by atoms with E-state index in [0.29, 0.717) is 11.8 Å². The summed E-state index contributed by atoms with van der Waals surface area (Å²) in [6.45, 7) is 4.05. The molecule has 0 saturated heterocycles. The minimum Gasteiger partial charge on any atom is -0.350 e. The minimum atomic E-state index is 0.0800. The van der Waals surface area contributed by atoms with Crippen molar-refractivity contribution in [3.05, 3.63) is 35.4 Å². The molecule has 15 heavy (non-hydrogen) atoms. The largest absolute Gasteiger partial charge is 0.350 e. The van der Waals surface area contributed by atoms with Crippen LogP contribution in [-0.4, -0.2) is 11.2 Å². The molecular weight excluding hydrogens is 254 g/mol. The smallest absolute Gasteiger partial charge is 0.221 e. The molecule has 1 N–H and O–H groups in total. The normalized spacial score (nSPS) is 12.2. The zero-order valence-electron chi connectivity index (χ0n) is 9.09. The maximum Gasteiger partial charge on any atom is 0.221 e. The molecule has 0 saturated carbocycles.